The van der Waals surface area contributed by atoms with Gasteiger partial charge in [0.15, 0.2) is 0 Å². The molecule has 3 rings (SSSR count). The molecular weight excluding hydrogens is 262 g/mol. The maximum Gasteiger partial charge on any atom is 0.238 e. The van der Waals surface area contributed by atoms with Crippen molar-refractivity contribution in [1.82, 2.24) is 0 Å². The topological polar surface area (TPSA) is 54.5 Å². The molecular formula is C14H15NO3S. The molecule has 1 spiro atoms. The van der Waals surface area contributed by atoms with Crippen LogP contribution >= 0.6 is 0 Å². The SMILES string of the molecule is O=CCN1C(=O)C2(CCS(=O)CC2)c2ccccc21. The highest BCUT2D eigenvalue weighted by atomic mass is 32.2. The van der Waals surface area contributed by atoms with E-state index in [-0.39, 0.29) is 12.5 Å². The molecule has 19 heavy (non-hydrogen) atoms. The third-order valence-corrected chi connectivity index (χ3v) is 5.45. The summed E-state index contributed by atoms with van der Waals surface area (Å²) in [5.41, 5.74) is 1.29. The molecule has 0 radical (unpaired) electrons. The Hall–Kier alpha value is -1.49. The molecule has 0 unspecified atom stereocenters. The zero-order chi connectivity index (χ0) is 13.5. The minimum absolute atomic E-state index is 0.00231. The van der Waals surface area contributed by atoms with Gasteiger partial charge in [0, 0.05) is 28.0 Å². The lowest BCUT2D eigenvalue weighted by Crippen LogP contribution is -2.45. The number of benzene rings is 1. The predicted octanol–water partition coefficient (Wildman–Crippen LogP) is 1.01. The molecule has 5 heteroatoms. The number of aldehydes is 1. The number of fused-ring (bicyclic) bond motifs is 2. The summed E-state index contributed by atoms with van der Waals surface area (Å²) in [7, 11) is -0.809. The van der Waals surface area contributed by atoms with Crippen molar-refractivity contribution in [2.24, 2.45) is 0 Å². The Labute approximate surface area is 114 Å². The summed E-state index contributed by atoms with van der Waals surface area (Å²) in [6.07, 6.45) is 1.99. The van der Waals surface area contributed by atoms with Crippen LogP contribution in [0.3, 0.4) is 0 Å². The Balaban J connectivity index is 2.09. The molecule has 0 N–H and O–H groups in total. The highest BCUT2D eigenvalue weighted by Crippen LogP contribution is 2.47. The zero-order valence-electron chi connectivity index (χ0n) is 10.5. The van der Waals surface area contributed by atoms with E-state index in [1.807, 2.05) is 24.3 Å². The Morgan fingerprint density at radius 2 is 1.95 bits per heavy atom. The summed E-state index contributed by atoms with van der Waals surface area (Å²) < 4.78 is 11.6. The van der Waals surface area contributed by atoms with Gasteiger partial charge >= 0.3 is 0 Å². The van der Waals surface area contributed by atoms with Gasteiger partial charge in [-0.2, -0.15) is 0 Å². The van der Waals surface area contributed by atoms with Gasteiger partial charge in [0.25, 0.3) is 0 Å². The normalized spacial score (nSPS) is 29.6. The Kier molecular flexibility index (Phi) is 3.01. The molecule has 0 aliphatic carbocycles. The monoisotopic (exact) mass is 277 g/mol. The van der Waals surface area contributed by atoms with Crippen LogP contribution < -0.4 is 4.90 Å². The van der Waals surface area contributed by atoms with E-state index in [4.69, 9.17) is 0 Å². The van der Waals surface area contributed by atoms with Crippen molar-refractivity contribution in [3.63, 3.8) is 0 Å². The quantitative estimate of drug-likeness (QED) is 0.758. The Bertz CT molecular complexity index is 560. The van der Waals surface area contributed by atoms with Gasteiger partial charge in [-0.3, -0.25) is 9.00 Å². The maximum absolute atomic E-state index is 12.7. The predicted molar refractivity (Wildman–Crippen MR) is 73.6 cm³/mol. The standard InChI is InChI=1S/C14H15NO3S/c16-8-7-15-12-4-2-1-3-11(12)14(13(15)17)5-9-19(18)10-6-14/h1-4,8H,5-7,9-10H2. The van der Waals surface area contributed by atoms with Crippen molar-refractivity contribution in [1.29, 1.82) is 0 Å². The average molecular weight is 277 g/mol. The first-order valence-electron chi connectivity index (χ1n) is 6.39. The Morgan fingerprint density at radius 3 is 2.63 bits per heavy atom. The van der Waals surface area contributed by atoms with E-state index in [1.165, 1.54) is 0 Å². The third kappa shape index (κ3) is 1.75. The number of nitrogens with zero attached hydrogens (tertiary/aromatic N) is 1. The van der Waals surface area contributed by atoms with Crippen molar-refractivity contribution in [3.8, 4) is 0 Å². The molecule has 2 aliphatic heterocycles. The molecule has 2 heterocycles. The summed E-state index contributed by atoms with van der Waals surface area (Å²) in [6.45, 7) is 0.0979. The molecule has 1 fully saturated rings. The lowest BCUT2D eigenvalue weighted by molar-refractivity contribution is -0.124. The number of hydrogen-bond acceptors (Lipinski definition) is 3. The van der Waals surface area contributed by atoms with Gasteiger partial charge in [-0.15, -0.1) is 0 Å². The molecule has 0 bridgehead atoms. The van der Waals surface area contributed by atoms with Crippen LogP contribution in [-0.2, 0) is 25.8 Å². The molecule has 4 nitrogen and oxygen atoms in total. The highest BCUT2D eigenvalue weighted by Gasteiger charge is 2.51. The summed E-state index contributed by atoms with van der Waals surface area (Å²) in [5.74, 6) is 1.13. The van der Waals surface area contributed by atoms with Crippen LogP contribution in [0.1, 0.15) is 18.4 Å². The number of carbonyl (C=O) groups is 2. The van der Waals surface area contributed by atoms with E-state index < -0.39 is 16.2 Å². The van der Waals surface area contributed by atoms with Gasteiger partial charge < -0.3 is 9.69 Å². The number of para-hydroxylation sites is 1. The first-order valence-corrected chi connectivity index (χ1v) is 7.88. The minimum atomic E-state index is -0.809. The Morgan fingerprint density at radius 1 is 1.26 bits per heavy atom. The van der Waals surface area contributed by atoms with Gasteiger partial charge in [-0.25, -0.2) is 0 Å². The molecule has 0 saturated carbocycles. The van der Waals surface area contributed by atoms with E-state index in [9.17, 15) is 13.8 Å². The van der Waals surface area contributed by atoms with Crippen molar-refractivity contribution in [2.75, 3.05) is 23.0 Å². The largest absolute Gasteiger partial charge is 0.304 e. The van der Waals surface area contributed by atoms with Crippen molar-refractivity contribution in [3.05, 3.63) is 29.8 Å². The van der Waals surface area contributed by atoms with E-state index >= 15 is 0 Å². The van der Waals surface area contributed by atoms with Gasteiger partial charge in [0.2, 0.25) is 5.91 Å². The second-order valence-electron chi connectivity index (χ2n) is 5.03. The summed E-state index contributed by atoms with van der Waals surface area (Å²) in [4.78, 5) is 25.1. The zero-order valence-corrected chi connectivity index (χ0v) is 11.3. The second kappa shape index (κ2) is 4.56. The van der Waals surface area contributed by atoms with Crippen LogP contribution in [0.25, 0.3) is 0 Å². The van der Waals surface area contributed by atoms with E-state index in [0.29, 0.717) is 24.3 Å². The van der Waals surface area contributed by atoms with E-state index in [2.05, 4.69) is 0 Å². The molecule has 0 atom stereocenters. The molecule has 1 aromatic rings. The van der Waals surface area contributed by atoms with Gasteiger partial charge in [-0.1, -0.05) is 18.2 Å². The lowest BCUT2D eigenvalue weighted by Gasteiger charge is -2.31. The summed E-state index contributed by atoms with van der Waals surface area (Å²) in [6, 6.07) is 7.65. The van der Waals surface area contributed by atoms with Gasteiger partial charge in [0.05, 0.1) is 12.0 Å². The number of rotatable bonds is 2. The van der Waals surface area contributed by atoms with E-state index in [0.717, 1.165) is 17.5 Å². The average Bonchev–Trinajstić information content (AvgIpc) is 2.66. The maximum atomic E-state index is 12.7. The highest BCUT2D eigenvalue weighted by molar-refractivity contribution is 7.85. The third-order valence-electron chi connectivity index (χ3n) is 4.14. The fraction of sp³-hybridized carbons (Fsp3) is 0.429. The molecule has 1 saturated heterocycles. The van der Waals surface area contributed by atoms with Crippen LogP contribution in [0.15, 0.2) is 24.3 Å². The summed E-state index contributed by atoms with van der Waals surface area (Å²) in [5, 5.41) is 0. The van der Waals surface area contributed by atoms with Crippen molar-refractivity contribution < 1.29 is 13.8 Å². The first kappa shape index (κ1) is 12.5. The van der Waals surface area contributed by atoms with Gasteiger partial charge in [0.1, 0.15) is 6.29 Å². The van der Waals surface area contributed by atoms with Gasteiger partial charge in [-0.05, 0) is 24.5 Å². The lowest BCUT2D eigenvalue weighted by atomic mass is 9.76. The van der Waals surface area contributed by atoms with Crippen LogP contribution in [-0.4, -0.2) is 34.5 Å². The molecule has 1 amide bonds. The number of anilines is 1. The van der Waals surface area contributed by atoms with E-state index in [1.54, 1.807) is 4.90 Å². The molecule has 1 aromatic carbocycles. The molecule has 100 valence electrons. The molecule has 2 aliphatic rings. The van der Waals surface area contributed by atoms with Crippen LogP contribution in [0.4, 0.5) is 5.69 Å². The molecule has 0 aromatic heterocycles. The van der Waals surface area contributed by atoms with Crippen molar-refractivity contribution in [2.45, 2.75) is 18.3 Å². The first-order chi connectivity index (χ1) is 9.19. The van der Waals surface area contributed by atoms with Crippen LogP contribution in [0, 0.1) is 0 Å². The van der Waals surface area contributed by atoms with Crippen molar-refractivity contribution >= 4 is 28.7 Å². The minimum Gasteiger partial charge on any atom is -0.304 e. The number of carbonyl (C=O) groups excluding carboxylic acids is 2. The number of amides is 1. The second-order valence-corrected chi connectivity index (χ2v) is 6.73. The smallest absolute Gasteiger partial charge is 0.238 e. The fourth-order valence-corrected chi connectivity index (χ4v) is 4.50. The number of hydrogen-bond donors (Lipinski definition) is 0. The summed E-state index contributed by atoms with van der Waals surface area (Å²) >= 11 is 0. The fourth-order valence-electron chi connectivity index (χ4n) is 3.14. The van der Waals surface area contributed by atoms with Crippen LogP contribution in [0.5, 0.6) is 0 Å². The van der Waals surface area contributed by atoms with Crippen LogP contribution in [0.2, 0.25) is 0 Å².